The summed E-state index contributed by atoms with van der Waals surface area (Å²) in [5.41, 5.74) is -1.66. The van der Waals surface area contributed by atoms with Gasteiger partial charge in [-0.15, -0.1) is 11.3 Å². The quantitative estimate of drug-likeness (QED) is 0.853. The van der Waals surface area contributed by atoms with Crippen molar-refractivity contribution in [2.75, 3.05) is 6.54 Å². The molecule has 2 rings (SSSR count). The second kappa shape index (κ2) is 5.87. The Labute approximate surface area is 123 Å². The molecule has 1 aromatic heterocycles. The van der Waals surface area contributed by atoms with Crippen LogP contribution >= 0.6 is 11.3 Å². The van der Waals surface area contributed by atoms with Gasteiger partial charge in [-0.3, -0.25) is 4.79 Å². The van der Waals surface area contributed by atoms with Crippen LogP contribution in [0.15, 0.2) is 29.6 Å². The molecule has 0 aliphatic heterocycles. The molecule has 2 N–H and O–H groups in total. The van der Waals surface area contributed by atoms with E-state index in [-0.39, 0.29) is 12.1 Å². The van der Waals surface area contributed by atoms with Gasteiger partial charge in [0.15, 0.2) is 17.5 Å². The van der Waals surface area contributed by atoms with Gasteiger partial charge in [0.2, 0.25) is 0 Å². The monoisotopic (exact) mass is 315 g/mol. The molecule has 1 aromatic carbocycles. The minimum atomic E-state index is -1.63. The zero-order valence-electron chi connectivity index (χ0n) is 11.0. The van der Waals surface area contributed by atoms with Crippen LogP contribution in [-0.2, 0) is 5.60 Å². The Morgan fingerprint density at radius 3 is 2.48 bits per heavy atom. The van der Waals surface area contributed by atoms with Crippen molar-refractivity contribution in [2.24, 2.45) is 0 Å². The van der Waals surface area contributed by atoms with Gasteiger partial charge in [-0.2, -0.15) is 0 Å². The number of aliphatic hydroxyl groups is 1. The summed E-state index contributed by atoms with van der Waals surface area (Å²) < 4.78 is 38.9. The number of nitrogens with one attached hydrogen (secondary N) is 1. The van der Waals surface area contributed by atoms with Crippen molar-refractivity contribution in [2.45, 2.75) is 12.5 Å². The molecule has 0 aliphatic rings. The van der Waals surface area contributed by atoms with E-state index in [0.717, 1.165) is 0 Å². The Morgan fingerprint density at radius 2 is 1.95 bits per heavy atom. The molecule has 0 fully saturated rings. The second-order valence-electron chi connectivity index (χ2n) is 4.69. The topological polar surface area (TPSA) is 49.3 Å². The molecule has 0 bridgehead atoms. The van der Waals surface area contributed by atoms with Gasteiger partial charge in [-0.25, -0.2) is 13.2 Å². The van der Waals surface area contributed by atoms with E-state index in [1.807, 2.05) is 0 Å². The van der Waals surface area contributed by atoms with E-state index in [4.69, 9.17) is 0 Å². The standard InChI is InChI=1S/C14H12F3NO2S/c1-14(20,11-3-2-4-21-11)7-18-13(19)8-5-9(15)12(17)10(16)6-8/h2-6,20H,7H2,1H3,(H,18,19)/t14-/m0/s1. The van der Waals surface area contributed by atoms with Crippen LogP contribution in [0.1, 0.15) is 22.2 Å². The summed E-state index contributed by atoms with van der Waals surface area (Å²) in [6.45, 7) is 1.36. The fraction of sp³-hybridized carbons (Fsp3) is 0.214. The molecule has 112 valence electrons. The first kappa shape index (κ1) is 15.5. The molecule has 1 heterocycles. The average molecular weight is 315 g/mol. The lowest BCUT2D eigenvalue weighted by Crippen LogP contribution is -2.38. The van der Waals surface area contributed by atoms with Gasteiger partial charge in [0.05, 0.1) is 6.54 Å². The minimum Gasteiger partial charge on any atom is -0.383 e. The van der Waals surface area contributed by atoms with Crippen molar-refractivity contribution in [3.8, 4) is 0 Å². The molecule has 0 aliphatic carbocycles. The Balaban J connectivity index is 2.09. The zero-order valence-corrected chi connectivity index (χ0v) is 11.8. The molecule has 1 amide bonds. The Hall–Kier alpha value is -1.86. The molecule has 0 saturated carbocycles. The lowest BCUT2D eigenvalue weighted by Gasteiger charge is -2.22. The molecule has 3 nitrogen and oxygen atoms in total. The largest absolute Gasteiger partial charge is 0.383 e. The van der Waals surface area contributed by atoms with Gasteiger partial charge in [0, 0.05) is 10.4 Å². The van der Waals surface area contributed by atoms with Crippen LogP contribution in [-0.4, -0.2) is 17.6 Å². The van der Waals surface area contributed by atoms with Crippen LogP contribution in [0.2, 0.25) is 0 Å². The number of amides is 1. The summed E-state index contributed by atoms with van der Waals surface area (Å²) in [7, 11) is 0. The van der Waals surface area contributed by atoms with E-state index < -0.39 is 29.0 Å². The Morgan fingerprint density at radius 1 is 1.33 bits per heavy atom. The highest BCUT2D eigenvalue weighted by molar-refractivity contribution is 7.10. The maximum atomic E-state index is 13.1. The van der Waals surface area contributed by atoms with Crippen LogP contribution in [0.25, 0.3) is 0 Å². The van der Waals surface area contributed by atoms with Gasteiger partial charge in [0.25, 0.3) is 5.91 Å². The average Bonchev–Trinajstić information content (AvgIpc) is 2.96. The number of halogens is 3. The van der Waals surface area contributed by atoms with E-state index >= 15 is 0 Å². The third-order valence-electron chi connectivity index (χ3n) is 2.89. The highest BCUT2D eigenvalue weighted by atomic mass is 32.1. The lowest BCUT2D eigenvalue weighted by atomic mass is 10.0. The van der Waals surface area contributed by atoms with E-state index in [1.54, 1.807) is 17.5 Å². The normalized spacial score (nSPS) is 13.8. The van der Waals surface area contributed by atoms with Crippen molar-refractivity contribution in [3.63, 3.8) is 0 Å². The van der Waals surface area contributed by atoms with Crippen molar-refractivity contribution >= 4 is 17.2 Å². The summed E-state index contributed by atoms with van der Waals surface area (Å²) in [4.78, 5) is 12.4. The minimum absolute atomic E-state index is 0.146. The number of carbonyl (C=O) groups is 1. The van der Waals surface area contributed by atoms with Crippen LogP contribution in [0, 0.1) is 17.5 Å². The van der Waals surface area contributed by atoms with Crippen molar-refractivity contribution in [1.29, 1.82) is 0 Å². The molecular weight excluding hydrogens is 303 g/mol. The van der Waals surface area contributed by atoms with Crippen LogP contribution < -0.4 is 5.32 Å². The van der Waals surface area contributed by atoms with Crippen LogP contribution in [0.3, 0.4) is 0 Å². The van der Waals surface area contributed by atoms with Crippen molar-refractivity contribution in [1.82, 2.24) is 5.32 Å². The molecule has 21 heavy (non-hydrogen) atoms. The summed E-state index contributed by atoms with van der Waals surface area (Å²) in [5, 5.41) is 14.3. The molecule has 0 unspecified atom stereocenters. The van der Waals surface area contributed by atoms with E-state index in [0.29, 0.717) is 17.0 Å². The molecule has 1 atom stereocenters. The van der Waals surface area contributed by atoms with Gasteiger partial charge in [0.1, 0.15) is 5.60 Å². The van der Waals surface area contributed by atoms with E-state index in [9.17, 15) is 23.1 Å². The molecule has 7 heteroatoms. The maximum Gasteiger partial charge on any atom is 0.251 e. The van der Waals surface area contributed by atoms with Gasteiger partial charge in [-0.05, 0) is 30.5 Å². The SMILES string of the molecule is C[C@](O)(CNC(=O)c1cc(F)c(F)c(F)c1)c1cccs1. The highest BCUT2D eigenvalue weighted by Crippen LogP contribution is 2.24. The fourth-order valence-electron chi connectivity index (χ4n) is 1.71. The highest BCUT2D eigenvalue weighted by Gasteiger charge is 2.25. The second-order valence-corrected chi connectivity index (χ2v) is 5.64. The van der Waals surface area contributed by atoms with E-state index in [1.165, 1.54) is 18.3 Å². The fourth-order valence-corrected chi connectivity index (χ4v) is 2.50. The lowest BCUT2D eigenvalue weighted by molar-refractivity contribution is 0.0556. The first-order valence-electron chi connectivity index (χ1n) is 6.00. The third kappa shape index (κ3) is 3.43. The third-order valence-corrected chi connectivity index (χ3v) is 4.01. The maximum absolute atomic E-state index is 13.1. The molecule has 0 radical (unpaired) electrons. The van der Waals surface area contributed by atoms with Crippen molar-refractivity contribution in [3.05, 3.63) is 57.5 Å². The number of thiophene rings is 1. The van der Waals surface area contributed by atoms with Crippen molar-refractivity contribution < 1.29 is 23.1 Å². The molecule has 2 aromatic rings. The molecular formula is C14H12F3NO2S. The van der Waals surface area contributed by atoms with E-state index in [2.05, 4.69) is 5.32 Å². The molecule has 0 saturated heterocycles. The predicted molar refractivity (Wildman–Crippen MR) is 72.5 cm³/mol. The first-order valence-corrected chi connectivity index (χ1v) is 6.88. The number of benzene rings is 1. The van der Waals surface area contributed by atoms with Crippen LogP contribution in [0.5, 0.6) is 0 Å². The zero-order chi connectivity index (χ0) is 15.6. The Kier molecular flexibility index (Phi) is 4.34. The number of hydrogen-bond donors (Lipinski definition) is 2. The van der Waals surface area contributed by atoms with Gasteiger partial charge in [-0.1, -0.05) is 6.07 Å². The molecule has 0 spiro atoms. The number of hydrogen-bond acceptors (Lipinski definition) is 3. The first-order chi connectivity index (χ1) is 9.81. The Bertz CT molecular complexity index is 633. The number of rotatable bonds is 4. The summed E-state index contributed by atoms with van der Waals surface area (Å²) in [6, 6.07) is 4.66. The summed E-state index contributed by atoms with van der Waals surface area (Å²) >= 11 is 1.31. The van der Waals surface area contributed by atoms with Gasteiger partial charge >= 0.3 is 0 Å². The smallest absolute Gasteiger partial charge is 0.251 e. The summed E-state index contributed by atoms with van der Waals surface area (Å²) in [5.74, 6) is -5.31. The summed E-state index contributed by atoms with van der Waals surface area (Å²) in [6.07, 6.45) is 0. The van der Waals surface area contributed by atoms with Gasteiger partial charge < -0.3 is 10.4 Å². The number of carbonyl (C=O) groups excluding carboxylic acids is 1. The predicted octanol–water partition coefficient (Wildman–Crippen LogP) is 2.80. The van der Waals surface area contributed by atoms with Crippen LogP contribution in [0.4, 0.5) is 13.2 Å².